The smallest absolute Gasteiger partial charge is 0.237 e. The molecule has 0 radical (unpaired) electrons. The summed E-state index contributed by atoms with van der Waals surface area (Å²) in [5, 5.41) is 52.5. The Hall–Kier alpha value is -7.95. The lowest BCUT2D eigenvalue weighted by molar-refractivity contribution is -0.142. The van der Waals surface area contributed by atoms with Crippen molar-refractivity contribution in [2.24, 2.45) is 0 Å². The van der Waals surface area contributed by atoms with E-state index in [9.17, 15) is 34.0 Å². The first kappa shape index (κ1) is 60.2. The molecule has 20 nitrogen and oxygen atoms in total. The van der Waals surface area contributed by atoms with Crippen LogP contribution in [0.2, 0.25) is 0 Å². The van der Waals surface area contributed by atoms with E-state index in [0.717, 1.165) is 37.6 Å². The van der Waals surface area contributed by atoms with Gasteiger partial charge in [-0.3, -0.25) is 14.5 Å². The van der Waals surface area contributed by atoms with E-state index >= 15 is 8.78 Å². The van der Waals surface area contributed by atoms with Gasteiger partial charge in [0, 0.05) is 139 Å². The number of amides is 2. The third-order valence-corrected chi connectivity index (χ3v) is 17.4. The number of β-amino-alcohol motifs (C(OH)–C–C–N with tert-alkyl or cyclic N) is 2. The molecule has 4 aromatic heterocycles. The molecule has 4 aromatic carbocycles. The molecule has 12 rings (SSSR count). The molecule has 2 amide bonds. The Kier molecular flexibility index (Phi) is 18.5. The number of piperazine rings is 2. The van der Waals surface area contributed by atoms with Crippen molar-refractivity contribution in [1.29, 1.82) is 10.5 Å². The van der Waals surface area contributed by atoms with Gasteiger partial charge in [0.05, 0.1) is 18.8 Å². The highest BCUT2D eigenvalue weighted by molar-refractivity contribution is 7.17. The van der Waals surface area contributed by atoms with Gasteiger partial charge in [-0.05, 0) is 86.6 Å². The fourth-order valence-electron chi connectivity index (χ4n) is 10.5. The third-order valence-electron chi connectivity index (χ3n) is 15.1. The zero-order valence-electron chi connectivity index (χ0n) is 47.0. The number of thiazole rings is 2. The number of likely N-dealkylation sites (tertiary alicyclic amines) is 2. The molecule has 0 saturated carbocycles. The lowest BCUT2D eigenvalue weighted by Gasteiger charge is -2.39. The van der Waals surface area contributed by atoms with E-state index in [1.807, 2.05) is 49.9 Å². The summed E-state index contributed by atoms with van der Waals surface area (Å²) in [6, 6.07) is 23.1. The number of aliphatic hydroxyl groups is 2. The van der Waals surface area contributed by atoms with Crippen molar-refractivity contribution in [3.8, 4) is 34.7 Å². The van der Waals surface area contributed by atoms with E-state index in [1.54, 1.807) is 44.6 Å². The molecule has 27 heteroatoms. The highest BCUT2D eigenvalue weighted by atomic mass is 35.5. The number of hydrogen-bond donors (Lipinski definition) is 3. The first-order valence-electron chi connectivity index (χ1n) is 27.6. The Bertz CT molecular complexity index is 3800. The molecule has 3 N–H and O–H groups in total. The molecule has 4 saturated heterocycles. The number of benzene rings is 4. The van der Waals surface area contributed by atoms with Crippen molar-refractivity contribution in [3.63, 3.8) is 0 Å². The van der Waals surface area contributed by atoms with Crippen LogP contribution in [0.1, 0.15) is 23.6 Å². The molecule has 0 aliphatic carbocycles. The number of carbonyl (C=O) groups excluding carboxylic acids is 2. The number of nitriles is 2. The minimum Gasteiger partial charge on any atom is -0.389 e. The van der Waals surface area contributed by atoms with Crippen molar-refractivity contribution >= 4 is 101 Å². The minimum atomic E-state index is -0.429. The van der Waals surface area contributed by atoms with Crippen LogP contribution in [0.15, 0.2) is 72.8 Å². The van der Waals surface area contributed by atoms with Gasteiger partial charge in [0.2, 0.25) is 11.8 Å². The highest BCUT2D eigenvalue weighted by Crippen LogP contribution is 2.42. The molecule has 4 aliphatic heterocycles. The molecule has 444 valence electrons. The van der Waals surface area contributed by atoms with E-state index in [1.165, 1.54) is 57.9 Å². The second kappa shape index (κ2) is 26.1. The maximum absolute atomic E-state index is 15.5. The lowest BCUT2D eigenvalue weighted by Crippen LogP contribution is -2.57. The fourth-order valence-corrected chi connectivity index (χ4v) is 12.3. The number of halogens is 5. The van der Waals surface area contributed by atoms with Crippen LogP contribution in [-0.2, 0) is 22.7 Å². The average Bonchev–Trinajstić information content (AvgIpc) is 1.99. The summed E-state index contributed by atoms with van der Waals surface area (Å²) in [7, 11) is 3.65. The number of aromatic nitrogens is 6. The molecule has 0 unspecified atom stereocenters. The number of aryl methyl sites for hydroxylation is 2. The summed E-state index contributed by atoms with van der Waals surface area (Å²) in [6.07, 6.45) is -0.741. The van der Waals surface area contributed by atoms with Crippen molar-refractivity contribution in [2.75, 3.05) is 125 Å². The molecule has 4 aliphatic rings. The van der Waals surface area contributed by atoms with Crippen LogP contribution in [0.3, 0.4) is 0 Å². The zero-order chi connectivity index (χ0) is 60.2. The Morgan fingerprint density at radius 1 is 0.647 bits per heavy atom. The maximum atomic E-state index is 15.5. The van der Waals surface area contributed by atoms with E-state index in [2.05, 4.69) is 42.4 Å². The van der Waals surface area contributed by atoms with Gasteiger partial charge in [0.25, 0.3) is 0 Å². The summed E-state index contributed by atoms with van der Waals surface area (Å²) in [6.45, 7) is 12.8. The molecule has 85 heavy (non-hydrogen) atoms. The number of anilines is 6. The standard InChI is InChI=1S/C29H30F2N8O2S.C24H23F2N7S.C5H8ClNO2/c1-3-39-28(35(2)29-33-26(24(14-32)42-29)18-4-6-19(30)7-5-18)22-12-20(13-23(31)27(22)34-39)37-10-8-36(9-11-37)17-25(41)38-15-21(40)16-38;1-3-33-23(18-12-17(13-19(26)22(18)30-33)32-10-8-28-9-11-32)31(2)24-29-21(20(14-27)34-24)15-4-6-16(25)7-5-15;6-1-5(9)7-2-4(8)3-7/h4-7,12-13,21,40H,3,8-11,15-17H2,1-2H3;4-7,12-13,28H,3,8-11H2,1-2H3;4,8H,1-3H2. The first-order chi connectivity index (χ1) is 41.0. The van der Waals surface area contributed by atoms with Crippen molar-refractivity contribution in [2.45, 2.75) is 39.1 Å². The number of nitrogens with one attached hydrogen (secondary N) is 1. The van der Waals surface area contributed by atoms with Crippen LogP contribution >= 0.6 is 34.3 Å². The van der Waals surface area contributed by atoms with Crippen LogP contribution in [-0.4, -0.2) is 184 Å². The SMILES string of the molecule is CCn1nc2c(F)cc(N3CCN(CC(=O)N4CC(O)C4)CC3)cc2c1N(C)c1nc(-c2ccc(F)cc2)c(C#N)s1.CCn1nc2c(F)cc(N3CCNCC3)cc2c1N(C)c1nc(-c2ccc(F)cc2)c(C#N)s1.O=C(CCl)N1CC(O)C1. The van der Waals surface area contributed by atoms with E-state index in [-0.39, 0.29) is 46.8 Å². The first-order valence-corrected chi connectivity index (χ1v) is 29.8. The Balaban J connectivity index is 0.000000167. The fraction of sp³-hybridized carbons (Fsp3) is 0.379. The van der Waals surface area contributed by atoms with Gasteiger partial charge < -0.3 is 44.9 Å². The van der Waals surface area contributed by atoms with Gasteiger partial charge in [-0.15, -0.1) is 11.6 Å². The van der Waals surface area contributed by atoms with Crippen molar-refractivity contribution in [1.82, 2.24) is 49.5 Å². The predicted octanol–water partition coefficient (Wildman–Crippen LogP) is 7.36. The lowest BCUT2D eigenvalue weighted by atomic mass is 10.1. The molecule has 8 aromatic rings. The normalized spacial score (nSPS) is 15.6. The van der Waals surface area contributed by atoms with Gasteiger partial charge >= 0.3 is 0 Å². The number of alkyl halides is 1. The molecule has 4 fully saturated rings. The molecule has 8 heterocycles. The minimum absolute atomic E-state index is 0.0187. The summed E-state index contributed by atoms with van der Waals surface area (Å²) in [5.41, 5.74) is 4.35. The monoisotopic (exact) mass is 1220 g/mol. The summed E-state index contributed by atoms with van der Waals surface area (Å²) in [4.78, 5) is 46.5. The Morgan fingerprint density at radius 2 is 1.06 bits per heavy atom. The second-order valence-electron chi connectivity index (χ2n) is 20.7. The molecule has 0 bridgehead atoms. The summed E-state index contributed by atoms with van der Waals surface area (Å²) < 4.78 is 61.0. The van der Waals surface area contributed by atoms with E-state index < -0.39 is 11.9 Å². The van der Waals surface area contributed by atoms with Crippen LogP contribution in [0.4, 0.5) is 50.8 Å². The zero-order valence-corrected chi connectivity index (χ0v) is 49.4. The number of carbonyl (C=O) groups is 2. The van der Waals surface area contributed by atoms with Gasteiger partial charge in [-0.1, -0.05) is 22.7 Å². The number of rotatable bonds is 13. The molecule has 0 spiro atoms. The van der Waals surface area contributed by atoms with Crippen LogP contribution in [0.5, 0.6) is 0 Å². The van der Waals surface area contributed by atoms with E-state index in [0.29, 0.717) is 142 Å². The Labute approximate surface area is 500 Å². The largest absolute Gasteiger partial charge is 0.389 e. The van der Waals surface area contributed by atoms with Crippen LogP contribution in [0, 0.1) is 45.9 Å². The predicted molar refractivity (Wildman–Crippen MR) is 321 cm³/mol. The van der Waals surface area contributed by atoms with Crippen molar-refractivity contribution in [3.05, 3.63) is 106 Å². The number of aliphatic hydroxyl groups excluding tert-OH is 2. The summed E-state index contributed by atoms with van der Waals surface area (Å²) >= 11 is 7.68. The molecule has 0 atom stereocenters. The Morgan fingerprint density at radius 3 is 1.45 bits per heavy atom. The average molecular weight is 1220 g/mol. The second-order valence-corrected chi connectivity index (χ2v) is 22.9. The third kappa shape index (κ3) is 12.9. The maximum Gasteiger partial charge on any atom is 0.237 e. The van der Waals surface area contributed by atoms with Gasteiger partial charge in [0.1, 0.15) is 73.5 Å². The van der Waals surface area contributed by atoms with Crippen molar-refractivity contribution < 1.29 is 37.4 Å². The quantitative estimate of drug-likeness (QED) is 0.0759. The van der Waals surface area contributed by atoms with E-state index in [4.69, 9.17) is 26.7 Å². The van der Waals surface area contributed by atoms with Crippen LogP contribution in [0.25, 0.3) is 44.3 Å². The number of nitrogens with zero attached hydrogens (tertiary/aromatic N) is 15. The number of hydrogen-bond acceptors (Lipinski definition) is 18. The number of fused-ring (bicyclic) bond motifs is 2. The summed E-state index contributed by atoms with van der Waals surface area (Å²) in [5.74, 6) is -0.215. The van der Waals surface area contributed by atoms with Gasteiger partial charge in [0.15, 0.2) is 21.9 Å². The molecular formula is C58H61ClF4N16O4S2. The van der Waals surface area contributed by atoms with Crippen LogP contribution < -0.4 is 24.9 Å². The highest BCUT2D eigenvalue weighted by Gasteiger charge is 2.32. The topological polar surface area (TPSA) is 218 Å². The van der Waals surface area contributed by atoms with Gasteiger partial charge in [-0.2, -0.15) is 20.7 Å². The van der Waals surface area contributed by atoms with Gasteiger partial charge in [-0.25, -0.2) is 36.9 Å². The molecular weight excluding hydrogens is 1160 g/mol.